The molecule has 0 fully saturated rings. The molecule has 0 aliphatic rings. The van der Waals surface area contributed by atoms with Crippen LogP contribution in [0.1, 0.15) is 0 Å². The standard InChI is InChI=1S/C14H9ClN2O3S/c15-6-12(18)17-14-16-10(7-21-14)9-5-8-3-1-2-4-11(8)20-13(9)19/h1-5,7H,6H2,(H,16,17,18). The summed E-state index contributed by atoms with van der Waals surface area (Å²) in [5.74, 6) is -0.490. The van der Waals surface area contributed by atoms with Crippen molar-refractivity contribution in [1.29, 1.82) is 0 Å². The first-order valence-electron chi connectivity index (χ1n) is 6.02. The topological polar surface area (TPSA) is 72.2 Å². The molecule has 0 unspecified atom stereocenters. The highest BCUT2D eigenvalue weighted by Gasteiger charge is 2.12. The highest BCUT2D eigenvalue weighted by atomic mass is 35.5. The maximum atomic E-state index is 12.0. The summed E-state index contributed by atoms with van der Waals surface area (Å²) in [5, 5.41) is 5.43. The molecule has 1 aromatic carbocycles. The first-order chi connectivity index (χ1) is 10.2. The van der Waals surface area contributed by atoms with Gasteiger partial charge >= 0.3 is 5.63 Å². The van der Waals surface area contributed by atoms with Crippen molar-refractivity contribution >= 4 is 44.9 Å². The van der Waals surface area contributed by atoms with E-state index in [2.05, 4.69) is 10.3 Å². The van der Waals surface area contributed by atoms with Gasteiger partial charge in [-0.3, -0.25) is 4.79 Å². The van der Waals surface area contributed by atoms with Crippen LogP contribution in [-0.2, 0) is 4.79 Å². The summed E-state index contributed by atoms with van der Waals surface area (Å²) >= 11 is 6.64. The molecule has 0 saturated carbocycles. The van der Waals surface area contributed by atoms with Crippen molar-refractivity contribution in [3.05, 3.63) is 46.1 Å². The van der Waals surface area contributed by atoms with Crippen LogP contribution in [0.3, 0.4) is 0 Å². The number of hydrogen-bond donors (Lipinski definition) is 1. The molecule has 2 heterocycles. The molecule has 0 aliphatic carbocycles. The molecule has 0 spiro atoms. The van der Waals surface area contributed by atoms with E-state index in [0.717, 1.165) is 5.39 Å². The predicted octanol–water partition coefficient (Wildman–Crippen LogP) is 3.09. The van der Waals surface area contributed by atoms with E-state index in [-0.39, 0.29) is 11.8 Å². The predicted molar refractivity (Wildman–Crippen MR) is 82.9 cm³/mol. The molecule has 1 N–H and O–H groups in total. The fourth-order valence-corrected chi connectivity index (χ4v) is 2.64. The second-order valence-electron chi connectivity index (χ2n) is 4.21. The van der Waals surface area contributed by atoms with Gasteiger partial charge in [-0.25, -0.2) is 9.78 Å². The summed E-state index contributed by atoms with van der Waals surface area (Å²) < 4.78 is 5.26. The lowest BCUT2D eigenvalue weighted by Crippen LogP contribution is -2.12. The van der Waals surface area contributed by atoms with Crippen LogP contribution in [0.5, 0.6) is 0 Å². The maximum Gasteiger partial charge on any atom is 0.345 e. The third-order valence-corrected chi connectivity index (χ3v) is 3.79. The van der Waals surface area contributed by atoms with Gasteiger partial charge in [-0.2, -0.15) is 0 Å². The van der Waals surface area contributed by atoms with Gasteiger partial charge in [0.1, 0.15) is 11.5 Å². The Bertz CT molecular complexity index is 872. The quantitative estimate of drug-likeness (QED) is 0.594. The molecule has 21 heavy (non-hydrogen) atoms. The van der Waals surface area contributed by atoms with Gasteiger partial charge in [0, 0.05) is 10.8 Å². The van der Waals surface area contributed by atoms with E-state index in [1.54, 1.807) is 23.6 Å². The van der Waals surface area contributed by atoms with Crippen molar-refractivity contribution in [1.82, 2.24) is 4.98 Å². The molecule has 0 atom stereocenters. The molecule has 0 radical (unpaired) electrons. The van der Waals surface area contributed by atoms with Crippen molar-refractivity contribution in [2.45, 2.75) is 0 Å². The first kappa shape index (κ1) is 13.8. The molecule has 3 aromatic rings. The van der Waals surface area contributed by atoms with Crippen LogP contribution in [0.25, 0.3) is 22.2 Å². The summed E-state index contributed by atoms with van der Waals surface area (Å²) in [6.45, 7) is 0. The number of anilines is 1. The van der Waals surface area contributed by atoms with Gasteiger partial charge < -0.3 is 9.73 Å². The van der Waals surface area contributed by atoms with E-state index in [9.17, 15) is 9.59 Å². The Morgan fingerprint density at radius 3 is 3.00 bits per heavy atom. The zero-order chi connectivity index (χ0) is 14.8. The highest BCUT2D eigenvalue weighted by Crippen LogP contribution is 2.25. The molecular formula is C14H9ClN2O3S. The lowest BCUT2D eigenvalue weighted by molar-refractivity contribution is -0.113. The minimum Gasteiger partial charge on any atom is -0.422 e. The normalized spacial score (nSPS) is 10.7. The summed E-state index contributed by atoms with van der Waals surface area (Å²) in [5.41, 5.74) is 0.882. The van der Waals surface area contributed by atoms with E-state index < -0.39 is 5.63 Å². The van der Waals surface area contributed by atoms with Crippen LogP contribution in [0, 0.1) is 0 Å². The number of amides is 1. The molecule has 0 bridgehead atoms. The lowest BCUT2D eigenvalue weighted by atomic mass is 10.1. The van der Waals surface area contributed by atoms with Gasteiger partial charge in [0.25, 0.3) is 0 Å². The zero-order valence-corrected chi connectivity index (χ0v) is 12.2. The van der Waals surface area contributed by atoms with E-state index in [0.29, 0.717) is 22.0 Å². The monoisotopic (exact) mass is 320 g/mol. The fourth-order valence-electron chi connectivity index (χ4n) is 1.85. The Morgan fingerprint density at radius 2 is 2.19 bits per heavy atom. The number of carbonyl (C=O) groups excluding carboxylic acids is 1. The van der Waals surface area contributed by atoms with Gasteiger partial charge in [0.15, 0.2) is 5.13 Å². The summed E-state index contributed by atoms with van der Waals surface area (Å²) in [4.78, 5) is 27.4. The Hall–Kier alpha value is -2.18. The number of halogens is 1. The van der Waals surface area contributed by atoms with Crippen molar-refractivity contribution in [3.8, 4) is 11.3 Å². The average molecular weight is 321 g/mol. The first-order valence-corrected chi connectivity index (χ1v) is 7.43. The summed E-state index contributed by atoms with van der Waals surface area (Å²) in [6, 6.07) is 8.97. The van der Waals surface area contributed by atoms with Crippen LogP contribution < -0.4 is 10.9 Å². The van der Waals surface area contributed by atoms with Crippen LogP contribution in [0.15, 0.2) is 44.9 Å². The van der Waals surface area contributed by atoms with Crippen LogP contribution in [0.2, 0.25) is 0 Å². The smallest absolute Gasteiger partial charge is 0.345 e. The Labute approximate surface area is 128 Å². The number of para-hydroxylation sites is 1. The molecule has 3 rings (SSSR count). The summed E-state index contributed by atoms with van der Waals surface area (Å²) in [6.07, 6.45) is 0. The summed E-state index contributed by atoms with van der Waals surface area (Å²) in [7, 11) is 0. The average Bonchev–Trinajstić information content (AvgIpc) is 2.94. The highest BCUT2D eigenvalue weighted by molar-refractivity contribution is 7.14. The number of hydrogen-bond acceptors (Lipinski definition) is 5. The van der Waals surface area contributed by atoms with Crippen molar-refractivity contribution < 1.29 is 9.21 Å². The second kappa shape index (κ2) is 5.67. The minimum atomic E-state index is -0.464. The van der Waals surface area contributed by atoms with Crippen LogP contribution in [0.4, 0.5) is 5.13 Å². The second-order valence-corrected chi connectivity index (χ2v) is 5.33. The number of benzene rings is 1. The fraction of sp³-hybridized carbons (Fsp3) is 0.0714. The van der Waals surface area contributed by atoms with Crippen molar-refractivity contribution in [2.24, 2.45) is 0 Å². The Balaban J connectivity index is 2.02. The van der Waals surface area contributed by atoms with E-state index in [1.165, 1.54) is 11.3 Å². The van der Waals surface area contributed by atoms with Crippen LogP contribution in [-0.4, -0.2) is 16.8 Å². The third kappa shape index (κ3) is 2.81. The number of nitrogens with zero attached hydrogens (tertiary/aromatic N) is 1. The number of rotatable bonds is 3. The number of aromatic nitrogens is 1. The van der Waals surface area contributed by atoms with Crippen molar-refractivity contribution in [2.75, 3.05) is 11.2 Å². The molecule has 0 saturated heterocycles. The molecule has 106 valence electrons. The Kier molecular flexibility index (Phi) is 3.72. The number of alkyl halides is 1. The minimum absolute atomic E-state index is 0.146. The van der Waals surface area contributed by atoms with Gasteiger partial charge in [0.2, 0.25) is 5.91 Å². The molecule has 5 nitrogen and oxygen atoms in total. The molecule has 1 amide bonds. The number of thiazole rings is 1. The Morgan fingerprint density at radius 1 is 1.38 bits per heavy atom. The van der Waals surface area contributed by atoms with E-state index >= 15 is 0 Å². The van der Waals surface area contributed by atoms with Gasteiger partial charge in [-0.05, 0) is 12.1 Å². The van der Waals surface area contributed by atoms with E-state index in [1.807, 2.05) is 12.1 Å². The zero-order valence-electron chi connectivity index (χ0n) is 10.6. The molecule has 0 aliphatic heterocycles. The maximum absolute atomic E-state index is 12.0. The van der Waals surface area contributed by atoms with Gasteiger partial charge in [0.05, 0.1) is 11.3 Å². The third-order valence-electron chi connectivity index (χ3n) is 2.79. The molecule has 7 heteroatoms. The van der Waals surface area contributed by atoms with Crippen molar-refractivity contribution in [3.63, 3.8) is 0 Å². The SMILES string of the molecule is O=C(CCl)Nc1nc(-c2cc3ccccc3oc2=O)cs1. The van der Waals surface area contributed by atoms with Gasteiger partial charge in [-0.1, -0.05) is 18.2 Å². The largest absolute Gasteiger partial charge is 0.422 e. The molecular weight excluding hydrogens is 312 g/mol. The van der Waals surface area contributed by atoms with Gasteiger partial charge in [-0.15, -0.1) is 22.9 Å². The van der Waals surface area contributed by atoms with Crippen LogP contribution >= 0.6 is 22.9 Å². The lowest BCUT2D eigenvalue weighted by Gasteiger charge is -1.99. The van der Waals surface area contributed by atoms with E-state index in [4.69, 9.17) is 16.0 Å². The number of nitrogens with one attached hydrogen (secondary N) is 1. The molecule has 2 aromatic heterocycles. The number of carbonyl (C=O) groups is 1. The number of fused-ring (bicyclic) bond motifs is 1.